The highest BCUT2D eigenvalue weighted by Gasteiger charge is 2.24. The molecular weight excluding hydrogens is 362 g/mol. The fourth-order valence-electron chi connectivity index (χ4n) is 3.66. The van der Waals surface area contributed by atoms with Crippen molar-refractivity contribution in [1.82, 2.24) is 0 Å². The molecule has 0 bridgehead atoms. The van der Waals surface area contributed by atoms with E-state index in [2.05, 4.69) is 82.1 Å². The third kappa shape index (κ3) is 4.47. The van der Waals surface area contributed by atoms with Gasteiger partial charge in [0.05, 0.1) is 12.6 Å². The van der Waals surface area contributed by atoms with Gasteiger partial charge in [0.2, 0.25) is 0 Å². The van der Waals surface area contributed by atoms with Crippen molar-refractivity contribution in [2.75, 3.05) is 23.9 Å². The van der Waals surface area contributed by atoms with E-state index in [4.69, 9.17) is 4.74 Å². The van der Waals surface area contributed by atoms with E-state index in [0.29, 0.717) is 5.92 Å². The summed E-state index contributed by atoms with van der Waals surface area (Å²) in [5.41, 5.74) is 7.48. The van der Waals surface area contributed by atoms with Gasteiger partial charge in [-0.05, 0) is 60.7 Å². The van der Waals surface area contributed by atoms with Crippen LogP contribution in [0.1, 0.15) is 44.7 Å². The van der Waals surface area contributed by atoms with Crippen LogP contribution in [0.2, 0.25) is 0 Å². The first-order valence-corrected chi connectivity index (χ1v) is 11.0. The summed E-state index contributed by atoms with van der Waals surface area (Å²) in [6, 6.07) is 13.2. The van der Waals surface area contributed by atoms with Crippen LogP contribution in [0.3, 0.4) is 0 Å². The van der Waals surface area contributed by atoms with Gasteiger partial charge in [-0.15, -0.1) is 6.58 Å². The Morgan fingerprint density at radius 1 is 1.14 bits per heavy atom. The molecule has 0 saturated carbocycles. The van der Waals surface area contributed by atoms with Crippen molar-refractivity contribution in [2.24, 2.45) is 0 Å². The molecular formula is C25H31NOS. The topological polar surface area (TPSA) is 21.3 Å². The minimum absolute atomic E-state index is 0.0478. The first kappa shape index (κ1) is 20.6. The molecule has 2 aromatic carbocycles. The molecule has 0 aliphatic carbocycles. The number of nitrogens with one attached hydrogen (secondary N) is 1. The number of hydrogen-bond acceptors (Lipinski definition) is 3. The van der Waals surface area contributed by atoms with Crippen molar-refractivity contribution in [3.8, 4) is 16.9 Å². The summed E-state index contributed by atoms with van der Waals surface area (Å²) in [6.07, 6.45) is 4.33. The lowest BCUT2D eigenvalue weighted by Gasteiger charge is -2.32. The maximum atomic E-state index is 5.67. The molecule has 0 saturated heterocycles. The van der Waals surface area contributed by atoms with Crippen LogP contribution in [0, 0.1) is 0 Å². The summed E-state index contributed by atoms with van der Waals surface area (Å²) >= 11 is 1.90. The molecule has 0 fully saturated rings. The van der Waals surface area contributed by atoms with E-state index in [1.165, 1.54) is 28.0 Å². The Labute approximate surface area is 174 Å². The first-order chi connectivity index (χ1) is 13.3. The summed E-state index contributed by atoms with van der Waals surface area (Å²) in [5, 5.41) is 3.66. The van der Waals surface area contributed by atoms with Crippen LogP contribution in [0.4, 0.5) is 5.69 Å². The van der Waals surface area contributed by atoms with Gasteiger partial charge < -0.3 is 10.1 Å². The summed E-state index contributed by atoms with van der Waals surface area (Å²) in [6.45, 7) is 12.7. The van der Waals surface area contributed by atoms with Crippen LogP contribution in [0.5, 0.6) is 5.75 Å². The molecule has 1 N–H and O–H groups in total. The number of hydrogen-bond donors (Lipinski definition) is 1. The molecule has 148 valence electrons. The number of anilines is 1. The van der Waals surface area contributed by atoms with Gasteiger partial charge >= 0.3 is 0 Å². The number of ether oxygens (including phenoxy) is 1. The molecule has 28 heavy (non-hydrogen) atoms. The maximum absolute atomic E-state index is 5.67. The maximum Gasteiger partial charge on any atom is 0.126 e. The fraction of sp³-hybridized carbons (Fsp3) is 0.360. The van der Waals surface area contributed by atoms with Crippen molar-refractivity contribution < 1.29 is 4.74 Å². The third-order valence-corrected chi connectivity index (χ3v) is 6.04. The Morgan fingerprint density at radius 2 is 1.93 bits per heavy atom. The molecule has 1 heterocycles. The monoisotopic (exact) mass is 393 g/mol. The zero-order valence-electron chi connectivity index (χ0n) is 17.6. The standard InChI is InChI=1S/C25H31NOS/c1-7-12-28-16-20-15-25(4,5)26-23-10-8-19(14-21(20)23)22-13-18(17(2)3)9-11-24(22)27-6/h7-11,13-15,17,26H,1,12,16H2,2-6H3. The first-order valence-electron chi connectivity index (χ1n) is 9.86. The lowest BCUT2D eigenvalue weighted by molar-refractivity contribution is 0.416. The Bertz CT molecular complexity index is 895. The molecule has 2 aromatic rings. The molecule has 0 aromatic heterocycles. The Hall–Kier alpha value is -2.13. The highest BCUT2D eigenvalue weighted by atomic mass is 32.2. The van der Waals surface area contributed by atoms with Gasteiger partial charge in [0.15, 0.2) is 0 Å². The second-order valence-electron chi connectivity index (χ2n) is 8.19. The molecule has 0 unspecified atom stereocenters. The van der Waals surface area contributed by atoms with E-state index in [1.54, 1.807) is 7.11 Å². The zero-order chi connectivity index (χ0) is 20.3. The molecule has 3 heteroatoms. The van der Waals surface area contributed by atoms with Crippen molar-refractivity contribution in [1.29, 1.82) is 0 Å². The van der Waals surface area contributed by atoms with E-state index in [0.717, 1.165) is 22.8 Å². The van der Waals surface area contributed by atoms with Crippen molar-refractivity contribution >= 4 is 23.0 Å². The predicted molar refractivity (Wildman–Crippen MR) is 126 cm³/mol. The van der Waals surface area contributed by atoms with Crippen LogP contribution >= 0.6 is 11.8 Å². The van der Waals surface area contributed by atoms with Gasteiger partial charge in [0.1, 0.15) is 5.75 Å². The summed E-state index contributed by atoms with van der Waals surface area (Å²) in [5.74, 6) is 3.34. The third-order valence-electron chi connectivity index (χ3n) is 5.05. The fourth-order valence-corrected chi connectivity index (χ4v) is 4.41. The Morgan fingerprint density at radius 3 is 2.61 bits per heavy atom. The normalized spacial score (nSPS) is 14.9. The minimum Gasteiger partial charge on any atom is -0.496 e. The SMILES string of the molecule is C=CCSCC1=CC(C)(C)Nc2ccc(-c3cc(C(C)C)ccc3OC)cc21. The molecule has 2 nitrogen and oxygen atoms in total. The Balaban J connectivity index is 2.07. The van der Waals surface area contributed by atoms with Crippen LogP contribution in [-0.2, 0) is 0 Å². The van der Waals surface area contributed by atoms with Gasteiger partial charge in [-0.2, -0.15) is 11.8 Å². The Kier molecular flexibility index (Phi) is 6.24. The van der Waals surface area contributed by atoms with Crippen LogP contribution in [0.25, 0.3) is 16.7 Å². The lowest BCUT2D eigenvalue weighted by Crippen LogP contribution is -2.32. The van der Waals surface area contributed by atoms with Crippen LogP contribution < -0.4 is 10.1 Å². The van der Waals surface area contributed by atoms with Crippen molar-refractivity contribution in [3.05, 3.63) is 66.3 Å². The minimum atomic E-state index is -0.0478. The van der Waals surface area contributed by atoms with Crippen LogP contribution in [0.15, 0.2) is 55.1 Å². The molecule has 0 amide bonds. The molecule has 1 aliphatic heterocycles. The van der Waals surface area contributed by atoms with Crippen molar-refractivity contribution in [2.45, 2.75) is 39.2 Å². The number of benzene rings is 2. The molecule has 0 spiro atoms. The number of fused-ring (bicyclic) bond motifs is 1. The van der Waals surface area contributed by atoms with E-state index >= 15 is 0 Å². The average Bonchev–Trinajstić information content (AvgIpc) is 2.66. The number of rotatable bonds is 7. The molecule has 3 rings (SSSR count). The van der Waals surface area contributed by atoms with Crippen molar-refractivity contribution in [3.63, 3.8) is 0 Å². The van der Waals surface area contributed by atoms with E-state index in [-0.39, 0.29) is 5.54 Å². The van der Waals surface area contributed by atoms with Gasteiger partial charge in [-0.1, -0.05) is 38.1 Å². The second-order valence-corrected chi connectivity index (χ2v) is 9.23. The van der Waals surface area contributed by atoms with E-state index in [1.807, 2.05) is 17.8 Å². The lowest BCUT2D eigenvalue weighted by atomic mass is 9.88. The number of methoxy groups -OCH3 is 1. The van der Waals surface area contributed by atoms with Gasteiger partial charge in [-0.3, -0.25) is 0 Å². The molecule has 1 aliphatic rings. The van der Waals surface area contributed by atoms with E-state index < -0.39 is 0 Å². The largest absolute Gasteiger partial charge is 0.496 e. The highest BCUT2D eigenvalue weighted by molar-refractivity contribution is 7.99. The quantitative estimate of drug-likeness (QED) is 0.404. The van der Waals surface area contributed by atoms with E-state index in [9.17, 15) is 0 Å². The second kappa shape index (κ2) is 8.48. The average molecular weight is 394 g/mol. The van der Waals surface area contributed by atoms with Gasteiger partial charge in [0.25, 0.3) is 0 Å². The predicted octanol–water partition coefficient (Wildman–Crippen LogP) is 6.99. The van der Waals surface area contributed by atoms with Gasteiger partial charge in [-0.25, -0.2) is 0 Å². The summed E-state index contributed by atoms with van der Waals surface area (Å²) in [4.78, 5) is 0. The van der Waals surface area contributed by atoms with Crippen LogP contribution in [-0.4, -0.2) is 24.2 Å². The van der Waals surface area contributed by atoms with Gasteiger partial charge in [0, 0.05) is 28.3 Å². The molecule has 0 atom stereocenters. The zero-order valence-corrected chi connectivity index (χ0v) is 18.5. The highest BCUT2D eigenvalue weighted by Crippen LogP contribution is 2.40. The number of thioether (sulfide) groups is 1. The summed E-state index contributed by atoms with van der Waals surface area (Å²) in [7, 11) is 1.74. The summed E-state index contributed by atoms with van der Waals surface area (Å²) < 4.78 is 5.67. The smallest absolute Gasteiger partial charge is 0.126 e. The molecule has 0 radical (unpaired) electrons.